The van der Waals surface area contributed by atoms with Gasteiger partial charge in [0, 0.05) is 0 Å². The molecule has 16 nitrogen and oxygen atoms in total. The summed E-state index contributed by atoms with van der Waals surface area (Å²) < 4.78 is 1.98. The van der Waals surface area contributed by atoms with Crippen LogP contribution in [0, 0.1) is 20.2 Å². The molecule has 0 amide bonds. The Bertz CT molecular complexity index is 1080. The molecule has 2 spiro atoms. The number of nitrogens with zero attached hydrogens (tertiary/aromatic N) is 10. The molecule has 0 atom stereocenters. The van der Waals surface area contributed by atoms with Crippen LogP contribution in [0.1, 0.15) is 0 Å². The smallest absolute Gasteiger partial charge is 0.353 e. The number of piperazine rings is 3. The maximum atomic E-state index is 11.5. The van der Waals surface area contributed by atoms with Gasteiger partial charge in [-0.25, -0.2) is 19.9 Å². The Morgan fingerprint density at radius 2 is 0.973 bits per heavy atom. The predicted molar refractivity (Wildman–Crippen MR) is 130 cm³/mol. The summed E-state index contributed by atoms with van der Waals surface area (Å²) in [4.78, 5) is 41.7. The molecule has 0 aromatic carbocycles. The van der Waals surface area contributed by atoms with E-state index in [1.807, 2.05) is 9.80 Å². The van der Waals surface area contributed by atoms with Gasteiger partial charge in [0.25, 0.3) is 0 Å². The van der Waals surface area contributed by atoms with Gasteiger partial charge in [0.15, 0.2) is 0 Å². The van der Waals surface area contributed by atoms with Gasteiger partial charge in [-0.1, -0.05) is 0 Å². The molecule has 0 aliphatic carbocycles. The van der Waals surface area contributed by atoms with Crippen molar-refractivity contribution in [3.05, 3.63) is 32.9 Å². The third-order valence-electron chi connectivity index (χ3n) is 8.10. The Balaban J connectivity index is 0.00000320. The van der Waals surface area contributed by atoms with Crippen LogP contribution in [-0.4, -0.2) is 117 Å². The fourth-order valence-electron chi connectivity index (χ4n) is 5.75. The number of quaternary nitrogens is 2. The lowest BCUT2D eigenvalue weighted by molar-refractivity contribution is -1.03. The molecule has 2 aromatic rings. The van der Waals surface area contributed by atoms with E-state index >= 15 is 0 Å². The number of halogens is 1. The minimum atomic E-state index is -0.511. The first kappa shape index (κ1) is 26.4. The topological polar surface area (TPSA) is 196 Å². The summed E-state index contributed by atoms with van der Waals surface area (Å²) >= 11 is 0. The molecule has 0 bridgehead atoms. The summed E-state index contributed by atoms with van der Waals surface area (Å²) in [5.74, 6) is 0.360. The van der Waals surface area contributed by atoms with Gasteiger partial charge in [-0.2, -0.15) is 0 Å². The number of hydrogen-bond acceptors (Lipinski definition) is 12. The second kappa shape index (κ2) is 10.0. The quantitative estimate of drug-likeness (QED) is 0.220. The molecular formula is C20H30ClN12O4+. The van der Waals surface area contributed by atoms with Crippen LogP contribution in [0.3, 0.4) is 0 Å². The normalized spacial score (nSPS) is 20.4. The number of anilines is 4. The van der Waals surface area contributed by atoms with E-state index in [9.17, 15) is 20.2 Å². The summed E-state index contributed by atoms with van der Waals surface area (Å²) in [6, 6.07) is 0. The van der Waals surface area contributed by atoms with Crippen LogP contribution in [0.15, 0.2) is 12.7 Å². The maximum absolute atomic E-state index is 11.5. The van der Waals surface area contributed by atoms with Crippen LogP contribution in [0.25, 0.3) is 0 Å². The Labute approximate surface area is 218 Å². The van der Waals surface area contributed by atoms with Crippen molar-refractivity contribution < 1.29 is 31.2 Å². The van der Waals surface area contributed by atoms with Gasteiger partial charge in [-0.15, -0.1) is 0 Å². The monoisotopic (exact) mass is 537 g/mol. The van der Waals surface area contributed by atoms with Crippen molar-refractivity contribution in [1.82, 2.24) is 19.9 Å². The summed E-state index contributed by atoms with van der Waals surface area (Å²) in [6.45, 7) is 10.4. The van der Waals surface area contributed by atoms with Gasteiger partial charge in [0.1, 0.15) is 38.8 Å². The number of aromatic nitrogens is 4. The van der Waals surface area contributed by atoms with Crippen molar-refractivity contribution in [1.29, 1.82) is 0 Å². The Morgan fingerprint density at radius 3 is 1.27 bits per heavy atom. The Hall–Kier alpha value is -3.63. The first-order chi connectivity index (χ1) is 17.2. The lowest BCUT2D eigenvalue weighted by Crippen LogP contribution is -3.00. The van der Waals surface area contributed by atoms with E-state index in [-0.39, 0.29) is 35.4 Å². The summed E-state index contributed by atoms with van der Waals surface area (Å²) in [7, 11) is 0. The largest absolute Gasteiger partial charge is 1.00 e. The van der Waals surface area contributed by atoms with Gasteiger partial charge < -0.3 is 42.6 Å². The maximum Gasteiger partial charge on any atom is 0.353 e. The number of nitro groups is 2. The van der Waals surface area contributed by atoms with Crippen molar-refractivity contribution >= 4 is 34.6 Å². The van der Waals surface area contributed by atoms with Crippen molar-refractivity contribution in [3.8, 4) is 0 Å². The zero-order chi connectivity index (χ0) is 25.5. The zero-order valence-electron chi connectivity index (χ0n) is 20.3. The number of nitrogen functional groups attached to an aromatic ring is 2. The van der Waals surface area contributed by atoms with E-state index in [4.69, 9.17) is 11.5 Å². The van der Waals surface area contributed by atoms with E-state index in [2.05, 4.69) is 19.9 Å². The number of nitrogens with two attached hydrogens (primary N) is 2. The van der Waals surface area contributed by atoms with Crippen LogP contribution in [0.4, 0.5) is 34.6 Å². The molecule has 4 N–H and O–H groups in total. The number of rotatable bonds is 4. The van der Waals surface area contributed by atoms with E-state index < -0.39 is 9.85 Å². The summed E-state index contributed by atoms with van der Waals surface area (Å²) in [6.07, 6.45) is 2.55. The zero-order valence-corrected chi connectivity index (χ0v) is 21.0. The molecule has 200 valence electrons. The third-order valence-corrected chi connectivity index (χ3v) is 8.10. The highest BCUT2D eigenvalue weighted by atomic mass is 35.5. The summed E-state index contributed by atoms with van der Waals surface area (Å²) in [5, 5.41) is 23.0. The average Bonchev–Trinajstić information content (AvgIpc) is 2.86. The van der Waals surface area contributed by atoms with E-state index in [1.54, 1.807) is 0 Å². The van der Waals surface area contributed by atoms with Crippen LogP contribution in [0.5, 0.6) is 0 Å². The molecule has 5 rings (SSSR count). The average molecular weight is 538 g/mol. The lowest BCUT2D eigenvalue weighted by Gasteiger charge is -2.54. The van der Waals surface area contributed by atoms with Gasteiger partial charge in [0.05, 0.1) is 62.2 Å². The molecule has 17 heteroatoms. The van der Waals surface area contributed by atoms with Gasteiger partial charge in [0.2, 0.25) is 23.3 Å². The standard InChI is InChI=1S/C20H30N12O4.ClH/c21-17-15(29(33)34)19(25-13-23-17)27-1-5-31(6-2-27)9-11-32(12-10-31)7-3-28(4-8-32)20-16(30(35)36)18(22)24-14-26-20;/h13-14H,1-12H2,(H2,21,23,25)(H2,22,24,26);1H/q+2;/p-1. The molecule has 0 saturated carbocycles. The lowest BCUT2D eigenvalue weighted by atomic mass is 10.1. The molecule has 37 heavy (non-hydrogen) atoms. The fourth-order valence-corrected chi connectivity index (χ4v) is 5.75. The second-order valence-corrected chi connectivity index (χ2v) is 9.82. The van der Waals surface area contributed by atoms with Crippen molar-refractivity contribution in [3.63, 3.8) is 0 Å². The van der Waals surface area contributed by atoms with Crippen LogP contribution < -0.4 is 33.7 Å². The molecule has 3 fully saturated rings. The predicted octanol–water partition coefficient (Wildman–Crippen LogP) is -3.76. The highest BCUT2D eigenvalue weighted by Gasteiger charge is 2.46. The van der Waals surface area contributed by atoms with Crippen molar-refractivity contribution in [2.75, 3.05) is 99.8 Å². The van der Waals surface area contributed by atoms with Crippen LogP contribution >= 0.6 is 0 Å². The number of hydrogen-bond donors (Lipinski definition) is 2. The summed E-state index contributed by atoms with van der Waals surface area (Å²) in [5.41, 5.74) is 11.0. The van der Waals surface area contributed by atoms with Crippen molar-refractivity contribution in [2.45, 2.75) is 0 Å². The minimum Gasteiger partial charge on any atom is -1.00 e. The van der Waals surface area contributed by atoms with Gasteiger partial charge in [-0.05, 0) is 0 Å². The van der Waals surface area contributed by atoms with Gasteiger partial charge >= 0.3 is 11.4 Å². The molecule has 3 aliphatic rings. The molecule has 5 heterocycles. The van der Waals surface area contributed by atoms with Crippen LogP contribution in [0.2, 0.25) is 0 Å². The first-order valence-electron chi connectivity index (χ1n) is 11.9. The molecule has 0 radical (unpaired) electrons. The van der Waals surface area contributed by atoms with E-state index in [0.717, 1.165) is 61.3 Å². The molecule has 3 aliphatic heterocycles. The highest BCUT2D eigenvalue weighted by Crippen LogP contribution is 2.34. The van der Waals surface area contributed by atoms with Crippen molar-refractivity contribution in [2.24, 2.45) is 0 Å². The molecular weight excluding hydrogens is 508 g/mol. The fraction of sp³-hybridized carbons (Fsp3) is 0.600. The highest BCUT2D eigenvalue weighted by molar-refractivity contribution is 5.69. The van der Waals surface area contributed by atoms with Crippen LogP contribution in [-0.2, 0) is 0 Å². The SMILES string of the molecule is Nc1ncnc(N2CC[N+]3(CC2)CC[N+]2(CCN(c4ncnc(N)c4[N+](=O)[O-])CC2)CC3)c1[N+](=O)[O-].[Cl-]. The molecule has 3 saturated heterocycles. The molecule has 2 aromatic heterocycles. The first-order valence-corrected chi connectivity index (χ1v) is 11.9. The third kappa shape index (κ3) is 4.86. The molecule has 0 unspecified atom stereocenters. The van der Waals surface area contributed by atoms with E-state index in [1.165, 1.54) is 12.7 Å². The Morgan fingerprint density at radius 1 is 0.649 bits per heavy atom. The Kier molecular flexibility index (Phi) is 7.16. The van der Waals surface area contributed by atoms with E-state index in [0.29, 0.717) is 37.8 Å². The second-order valence-electron chi connectivity index (χ2n) is 9.82. The van der Waals surface area contributed by atoms with Gasteiger partial charge in [-0.3, -0.25) is 20.2 Å². The minimum absolute atomic E-state index is 0.